The number of hydrogen-bond donors (Lipinski definition) is 1. The van der Waals surface area contributed by atoms with Crippen molar-refractivity contribution in [3.8, 4) is 17.1 Å². The number of rotatable bonds is 9. The van der Waals surface area contributed by atoms with Crippen LogP contribution in [0.25, 0.3) is 17.1 Å². The normalized spacial score (nSPS) is 11.5. The maximum Gasteiger partial charge on any atom is 0.416 e. The summed E-state index contributed by atoms with van der Waals surface area (Å²) in [6.07, 6.45) is -1.35. The maximum absolute atomic E-state index is 13.4. The van der Waals surface area contributed by atoms with E-state index in [1.807, 2.05) is 0 Å². The van der Waals surface area contributed by atoms with Gasteiger partial charge < -0.3 is 10.1 Å². The first-order valence-corrected chi connectivity index (χ1v) is 12.1. The Morgan fingerprint density at radius 2 is 2.00 bits per heavy atom. The molecule has 4 rings (SSSR count). The molecule has 3 aromatic heterocycles. The van der Waals surface area contributed by atoms with E-state index in [-0.39, 0.29) is 11.6 Å². The Morgan fingerprint density at radius 3 is 2.74 bits per heavy atom. The molecule has 0 fully saturated rings. The van der Waals surface area contributed by atoms with E-state index in [0.717, 1.165) is 12.1 Å². The third kappa shape index (κ3) is 6.05. The number of ether oxygens (including phenoxy) is 1. The number of carbonyl (C=O) groups is 1. The molecule has 0 aliphatic heterocycles. The first-order chi connectivity index (χ1) is 16.9. The predicted octanol–water partition coefficient (Wildman–Crippen LogP) is 4.47. The highest BCUT2D eigenvalue weighted by molar-refractivity contribution is 7.98. The summed E-state index contributed by atoms with van der Waals surface area (Å²) in [6, 6.07) is 8.40. The minimum absolute atomic E-state index is 0.275. The predicted molar refractivity (Wildman–Crippen MR) is 125 cm³/mol. The summed E-state index contributed by atoms with van der Waals surface area (Å²) >= 11 is 2.57. The molecule has 182 valence electrons. The smallest absolute Gasteiger partial charge is 0.383 e. The van der Waals surface area contributed by atoms with Crippen molar-refractivity contribution in [1.29, 1.82) is 0 Å². The average Bonchev–Trinajstić information content (AvgIpc) is 3.50. The molecular formula is C22H19F3N6O2S2. The van der Waals surface area contributed by atoms with E-state index < -0.39 is 11.7 Å². The van der Waals surface area contributed by atoms with Gasteiger partial charge in [0.2, 0.25) is 0 Å². The Bertz CT molecular complexity index is 1290. The van der Waals surface area contributed by atoms with Gasteiger partial charge in [0.25, 0.3) is 5.91 Å². The van der Waals surface area contributed by atoms with Crippen molar-refractivity contribution in [1.82, 2.24) is 30.0 Å². The number of nitrogens with one attached hydrogen (secondary N) is 1. The lowest BCUT2D eigenvalue weighted by molar-refractivity contribution is -0.137. The number of pyridine rings is 1. The summed E-state index contributed by atoms with van der Waals surface area (Å²) in [7, 11) is 1.54. The van der Waals surface area contributed by atoms with Crippen LogP contribution in [-0.4, -0.2) is 50.9 Å². The molecule has 8 nitrogen and oxygen atoms in total. The van der Waals surface area contributed by atoms with Gasteiger partial charge in [-0.1, -0.05) is 17.8 Å². The van der Waals surface area contributed by atoms with Gasteiger partial charge in [0.1, 0.15) is 10.7 Å². The highest BCUT2D eigenvalue weighted by atomic mass is 32.2. The van der Waals surface area contributed by atoms with Crippen molar-refractivity contribution >= 4 is 29.0 Å². The second-order valence-corrected chi connectivity index (χ2v) is 8.97. The largest absolute Gasteiger partial charge is 0.416 e. The van der Waals surface area contributed by atoms with Crippen LogP contribution in [0, 0.1) is 0 Å². The fourth-order valence-corrected chi connectivity index (χ4v) is 4.81. The SMILES string of the molecule is COCCNC(=O)c1csc(CSc2nnc(-c3ccncc3)n2-c2cccc(C(F)(F)F)c2)n1. The number of hydrogen-bond acceptors (Lipinski definition) is 8. The molecule has 0 aliphatic carbocycles. The van der Waals surface area contributed by atoms with Crippen LogP contribution in [0.1, 0.15) is 21.1 Å². The quantitative estimate of drug-likeness (QED) is 0.257. The molecule has 1 amide bonds. The van der Waals surface area contributed by atoms with Crippen molar-refractivity contribution in [2.24, 2.45) is 0 Å². The van der Waals surface area contributed by atoms with Crippen LogP contribution in [0.4, 0.5) is 13.2 Å². The summed E-state index contributed by atoms with van der Waals surface area (Å²) in [5.41, 5.74) is 0.445. The second-order valence-electron chi connectivity index (χ2n) is 7.09. The van der Waals surface area contributed by atoms with Crippen LogP contribution in [-0.2, 0) is 16.7 Å². The molecular weight excluding hydrogens is 501 g/mol. The number of nitrogens with zero attached hydrogens (tertiary/aromatic N) is 5. The van der Waals surface area contributed by atoms with Gasteiger partial charge in [-0.2, -0.15) is 13.2 Å². The molecule has 35 heavy (non-hydrogen) atoms. The number of halogens is 3. The number of thiazole rings is 1. The van der Waals surface area contributed by atoms with Crippen molar-refractivity contribution < 1.29 is 22.7 Å². The lowest BCUT2D eigenvalue weighted by Gasteiger charge is -2.13. The number of methoxy groups -OCH3 is 1. The minimum atomic E-state index is -4.49. The molecule has 4 aromatic rings. The molecule has 3 heterocycles. The van der Waals surface area contributed by atoms with E-state index in [1.54, 1.807) is 47.6 Å². The summed E-state index contributed by atoms with van der Waals surface area (Å²) in [5.74, 6) is 0.428. The lowest BCUT2D eigenvalue weighted by atomic mass is 10.2. The minimum Gasteiger partial charge on any atom is -0.383 e. The molecule has 0 atom stereocenters. The van der Waals surface area contributed by atoms with Gasteiger partial charge in [-0.25, -0.2) is 4.98 Å². The number of benzene rings is 1. The lowest BCUT2D eigenvalue weighted by Crippen LogP contribution is -2.27. The number of aromatic nitrogens is 5. The highest BCUT2D eigenvalue weighted by Crippen LogP contribution is 2.34. The first-order valence-electron chi connectivity index (χ1n) is 10.2. The van der Waals surface area contributed by atoms with Gasteiger partial charge in [0.05, 0.1) is 23.6 Å². The molecule has 0 saturated heterocycles. The van der Waals surface area contributed by atoms with Crippen LogP contribution in [0.3, 0.4) is 0 Å². The number of alkyl halides is 3. The molecule has 1 N–H and O–H groups in total. The second kappa shape index (κ2) is 11.0. The zero-order chi connectivity index (χ0) is 24.8. The summed E-state index contributed by atoms with van der Waals surface area (Å²) in [6.45, 7) is 0.762. The van der Waals surface area contributed by atoms with Gasteiger partial charge in [0.15, 0.2) is 11.0 Å². The Morgan fingerprint density at radius 1 is 1.20 bits per heavy atom. The van der Waals surface area contributed by atoms with Crippen LogP contribution in [0.5, 0.6) is 0 Å². The molecule has 0 spiro atoms. The number of carbonyl (C=O) groups excluding carboxylic acids is 1. The molecule has 1 aromatic carbocycles. The van der Waals surface area contributed by atoms with Crippen LogP contribution in [0.2, 0.25) is 0 Å². The van der Waals surface area contributed by atoms with Crippen molar-refractivity contribution in [3.05, 3.63) is 70.4 Å². The Kier molecular flexibility index (Phi) is 7.78. The summed E-state index contributed by atoms with van der Waals surface area (Å²) < 4.78 is 46.6. The molecule has 0 radical (unpaired) electrons. The third-order valence-electron chi connectivity index (χ3n) is 4.70. The first kappa shape index (κ1) is 24.8. The van der Waals surface area contributed by atoms with Gasteiger partial charge >= 0.3 is 6.18 Å². The Labute approximate surface area is 206 Å². The third-order valence-corrected chi connectivity index (χ3v) is 6.68. The van der Waals surface area contributed by atoms with Gasteiger partial charge in [-0.15, -0.1) is 21.5 Å². The Balaban J connectivity index is 1.61. The molecule has 0 aliphatic rings. The summed E-state index contributed by atoms with van der Waals surface area (Å²) in [4.78, 5) is 20.5. The zero-order valence-corrected chi connectivity index (χ0v) is 20.0. The van der Waals surface area contributed by atoms with E-state index in [2.05, 4.69) is 25.5 Å². The van der Waals surface area contributed by atoms with E-state index in [0.29, 0.717) is 46.2 Å². The van der Waals surface area contributed by atoms with E-state index in [1.165, 1.54) is 29.2 Å². The fourth-order valence-electron chi connectivity index (χ4n) is 3.07. The van der Waals surface area contributed by atoms with Gasteiger partial charge in [-0.05, 0) is 30.3 Å². The number of amides is 1. The number of thioether (sulfide) groups is 1. The standard InChI is InChI=1S/C22H19F3N6O2S2/c1-33-10-9-27-20(32)17-12-34-18(28-17)13-35-21-30-29-19(14-5-7-26-8-6-14)31(21)16-4-2-3-15(11-16)22(23,24)25/h2-8,11-12H,9-10,13H2,1H3,(H,27,32). The zero-order valence-electron chi connectivity index (χ0n) is 18.3. The van der Waals surface area contributed by atoms with Crippen molar-refractivity contribution in [2.45, 2.75) is 17.1 Å². The molecule has 0 unspecified atom stereocenters. The van der Waals surface area contributed by atoms with Crippen LogP contribution >= 0.6 is 23.1 Å². The molecule has 13 heteroatoms. The molecule has 0 bridgehead atoms. The van der Waals surface area contributed by atoms with E-state index in [9.17, 15) is 18.0 Å². The summed E-state index contributed by atoms with van der Waals surface area (Å²) in [5, 5.41) is 13.9. The van der Waals surface area contributed by atoms with E-state index >= 15 is 0 Å². The fraction of sp³-hybridized carbons (Fsp3) is 0.227. The van der Waals surface area contributed by atoms with Crippen molar-refractivity contribution in [3.63, 3.8) is 0 Å². The van der Waals surface area contributed by atoms with Crippen LogP contribution in [0.15, 0.2) is 59.3 Å². The van der Waals surface area contributed by atoms with Gasteiger partial charge in [0, 0.05) is 37.0 Å². The van der Waals surface area contributed by atoms with E-state index in [4.69, 9.17) is 4.74 Å². The van der Waals surface area contributed by atoms with Crippen LogP contribution < -0.4 is 5.32 Å². The monoisotopic (exact) mass is 520 g/mol. The average molecular weight is 521 g/mol. The molecule has 0 saturated carbocycles. The van der Waals surface area contributed by atoms with Crippen molar-refractivity contribution in [2.75, 3.05) is 20.3 Å². The highest BCUT2D eigenvalue weighted by Gasteiger charge is 2.31. The van der Waals surface area contributed by atoms with Gasteiger partial charge in [-0.3, -0.25) is 14.3 Å². The Hall–Kier alpha value is -3.29. The maximum atomic E-state index is 13.4. The topological polar surface area (TPSA) is 94.8 Å².